The maximum Gasteiger partial charge on any atom is 0.233 e. The quantitative estimate of drug-likeness (QED) is 0.786. The van der Waals surface area contributed by atoms with E-state index in [4.69, 9.17) is 16.3 Å². The van der Waals surface area contributed by atoms with E-state index in [0.717, 1.165) is 23.8 Å². The fraction of sp³-hybridized carbons (Fsp3) is 0.636. The molecule has 1 amide bonds. The van der Waals surface area contributed by atoms with Gasteiger partial charge in [-0.05, 0) is 57.9 Å². The Kier molecular flexibility index (Phi) is 4.86. The minimum atomic E-state index is -0.795. The van der Waals surface area contributed by atoms with E-state index < -0.39 is 11.0 Å². The summed E-state index contributed by atoms with van der Waals surface area (Å²) >= 11 is 6.59. The summed E-state index contributed by atoms with van der Waals surface area (Å²) in [5.74, 6) is 1.13. The van der Waals surface area contributed by atoms with Crippen LogP contribution in [0.25, 0.3) is 11.0 Å². The van der Waals surface area contributed by atoms with Crippen LogP contribution in [-0.2, 0) is 10.2 Å². The second kappa shape index (κ2) is 6.88. The molecule has 2 saturated heterocycles. The number of rotatable bonds is 3. The number of halogens is 1. The number of pyridine rings is 1. The number of nitrogens with zero attached hydrogens (tertiary/aromatic N) is 2. The van der Waals surface area contributed by atoms with E-state index in [9.17, 15) is 9.90 Å². The number of fused-ring (bicyclic) bond motifs is 3. The summed E-state index contributed by atoms with van der Waals surface area (Å²) < 4.78 is 5.33. The maximum atomic E-state index is 13.9. The molecule has 2 N–H and O–H groups in total. The minimum Gasteiger partial charge on any atom is -0.494 e. The van der Waals surface area contributed by atoms with Crippen molar-refractivity contribution in [2.75, 3.05) is 7.11 Å². The van der Waals surface area contributed by atoms with Gasteiger partial charge in [-0.3, -0.25) is 4.79 Å². The van der Waals surface area contributed by atoms with Crippen molar-refractivity contribution in [1.29, 1.82) is 0 Å². The van der Waals surface area contributed by atoms with Gasteiger partial charge in [-0.15, -0.1) is 0 Å². The van der Waals surface area contributed by atoms with Gasteiger partial charge in [0, 0.05) is 23.7 Å². The summed E-state index contributed by atoms with van der Waals surface area (Å²) in [4.78, 5) is 23.5. The number of nitrogens with one attached hydrogen (secondary N) is 1. The molecule has 2 aliphatic rings. The molecule has 2 aromatic rings. The predicted octanol–water partition coefficient (Wildman–Crippen LogP) is 4.04. The first-order valence-corrected chi connectivity index (χ1v) is 10.7. The number of hydrogen-bond acceptors (Lipinski definition) is 4. The molecule has 2 aromatic heterocycles. The second-order valence-electron chi connectivity index (χ2n) is 9.69. The van der Waals surface area contributed by atoms with Crippen molar-refractivity contribution < 1.29 is 14.6 Å². The van der Waals surface area contributed by atoms with E-state index >= 15 is 0 Å². The van der Waals surface area contributed by atoms with Gasteiger partial charge < -0.3 is 19.7 Å². The van der Waals surface area contributed by atoms with Crippen LogP contribution in [0.1, 0.15) is 58.9 Å². The number of hydrogen-bond donors (Lipinski definition) is 2. The Morgan fingerprint density at radius 1 is 1.38 bits per heavy atom. The van der Waals surface area contributed by atoms with Gasteiger partial charge in [0.2, 0.25) is 5.91 Å². The van der Waals surface area contributed by atoms with Gasteiger partial charge in [0.05, 0.1) is 29.3 Å². The van der Waals surface area contributed by atoms with Crippen molar-refractivity contribution in [2.24, 2.45) is 5.92 Å². The highest BCUT2D eigenvalue weighted by molar-refractivity contribution is 6.37. The molecule has 158 valence electrons. The topological polar surface area (TPSA) is 78.5 Å². The average Bonchev–Trinajstić information content (AvgIpc) is 3.05. The molecular formula is C22H30ClN3O3. The van der Waals surface area contributed by atoms with Crippen LogP contribution in [0.4, 0.5) is 0 Å². The number of aromatic nitrogens is 2. The fourth-order valence-corrected chi connectivity index (χ4v) is 5.77. The lowest BCUT2D eigenvalue weighted by Gasteiger charge is -2.54. The summed E-state index contributed by atoms with van der Waals surface area (Å²) in [5.41, 5.74) is -0.0482. The number of H-pyrrole nitrogens is 1. The zero-order chi connectivity index (χ0) is 21.1. The summed E-state index contributed by atoms with van der Waals surface area (Å²) in [6.07, 6.45) is 6.52. The lowest BCUT2D eigenvalue weighted by Crippen LogP contribution is -2.63. The monoisotopic (exact) mass is 419 g/mol. The summed E-state index contributed by atoms with van der Waals surface area (Å²) in [6.45, 7) is 8.02. The Bertz CT molecular complexity index is 934. The predicted molar refractivity (Wildman–Crippen MR) is 113 cm³/mol. The Morgan fingerprint density at radius 3 is 2.59 bits per heavy atom. The fourth-order valence-electron chi connectivity index (χ4n) is 5.46. The van der Waals surface area contributed by atoms with Gasteiger partial charge in [-0.25, -0.2) is 4.98 Å². The summed E-state index contributed by atoms with van der Waals surface area (Å²) in [5, 5.41) is 11.9. The lowest BCUT2D eigenvalue weighted by atomic mass is 9.71. The molecule has 6 nitrogen and oxygen atoms in total. The highest BCUT2D eigenvalue weighted by Gasteiger charge is 2.50. The molecule has 7 heteroatoms. The van der Waals surface area contributed by atoms with Crippen LogP contribution in [0.3, 0.4) is 0 Å². The highest BCUT2D eigenvalue weighted by atomic mass is 35.5. The van der Waals surface area contributed by atoms with Gasteiger partial charge in [-0.2, -0.15) is 0 Å². The van der Waals surface area contributed by atoms with Crippen LogP contribution in [0, 0.1) is 5.92 Å². The standard InChI is InChI=1S/C22H30ClN3O3/c1-12-6-13-8-22(4,28)9-14(7-12)26(13)20(27)21(2,3)15-10-24-19-17(15)18(23)16(29-5)11-25-19/h10-14,28H,6-9H2,1-5H3,(H,24,25). The van der Waals surface area contributed by atoms with E-state index in [1.807, 2.05) is 27.0 Å². The first kappa shape index (κ1) is 20.5. The van der Waals surface area contributed by atoms with E-state index in [-0.39, 0.29) is 18.0 Å². The molecule has 29 heavy (non-hydrogen) atoms. The first-order valence-electron chi connectivity index (χ1n) is 10.3. The number of aliphatic hydroxyl groups is 1. The van der Waals surface area contributed by atoms with Crippen molar-refractivity contribution >= 4 is 28.5 Å². The highest BCUT2D eigenvalue weighted by Crippen LogP contribution is 2.45. The smallest absolute Gasteiger partial charge is 0.233 e. The van der Waals surface area contributed by atoms with Crippen LogP contribution >= 0.6 is 11.6 Å². The Hall–Kier alpha value is -1.79. The van der Waals surface area contributed by atoms with Crippen LogP contribution in [-0.4, -0.2) is 50.7 Å². The third kappa shape index (κ3) is 3.30. The molecule has 2 bridgehead atoms. The van der Waals surface area contributed by atoms with Crippen LogP contribution in [0.5, 0.6) is 5.75 Å². The molecular weight excluding hydrogens is 390 g/mol. The third-order valence-electron chi connectivity index (χ3n) is 6.75. The van der Waals surface area contributed by atoms with Gasteiger partial charge in [0.15, 0.2) is 5.75 Å². The maximum absolute atomic E-state index is 13.9. The van der Waals surface area contributed by atoms with Crippen molar-refractivity contribution in [2.45, 2.75) is 76.5 Å². The van der Waals surface area contributed by atoms with Crippen molar-refractivity contribution in [3.63, 3.8) is 0 Å². The van der Waals surface area contributed by atoms with Crippen LogP contribution in [0.15, 0.2) is 12.4 Å². The Balaban J connectivity index is 1.75. The molecule has 2 atom stereocenters. The number of carbonyl (C=O) groups is 1. The van der Waals surface area contributed by atoms with Crippen molar-refractivity contribution in [3.8, 4) is 5.75 Å². The van der Waals surface area contributed by atoms with Crippen LogP contribution in [0.2, 0.25) is 5.02 Å². The zero-order valence-corrected chi connectivity index (χ0v) is 18.5. The molecule has 2 fully saturated rings. The number of amides is 1. The molecule has 0 spiro atoms. The molecule has 0 aromatic carbocycles. The lowest BCUT2D eigenvalue weighted by molar-refractivity contribution is -0.156. The Morgan fingerprint density at radius 2 is 2.00 bits per heavy atom. The van der Waals surface area contributed by atoms with E-state index in [1.165, 1.54) is 0 Å². The normalized spacial score (nSPS) is 29.9. The summed E-state index contributed by atoms with van der Waals surface area (Å²) in [7, 11) is 1.55. The third-order valence-corrected chi connectivity index (χ3v) is 7.13. The summed E-state index contributed by atoms with van der Waals surface area (Å²) in [6, 6.07) is 0.125. The first-order chi connectivity index (χ1) is 13.5. The number of ether oxygens (including phenoxy) is 1. The number of methoxy groups -OCH3 is 1. The van der Waals surface area contributed by atoms with E-state index in [0.29, 0.717) is 35.2 Å². The minimum absolute atomic E-state index is 0.0626. The van der Waals surface area contributed by atoms with Crippen LogP contribution < -0.4 is 4.74 Å². The molecule has 0 radical (unpaired) electrons. The molecule has 0 aliphatic carbocycles. The molecule has 4 rings (SSSR count). The molecule has 2 unspecified atom stereocenters. The Labute approximate surface area is 176 Å². The van der Waals surface area contributed by atoms with Crippen molar-refractivity contribution in [1.82, 2.24) is 14.9 Å². The second-order valence-corrected chi connectivity index (χ2v) is 10.1. The SMILES string of the molecule is COc1cnc2[nH]cc(C(C)(C)C(=O)N3C4CC(C)CC3CC(C)(O)C4)c2c1Cl. The number of piperidine rings is 2. The van der Waals surface area contributed by atoms with Gasteiger partial charge in [-0.1, -0.05) is 18.5 Å². The largest absolute Gasteiger partial charge is 0.494 e. The van der Waals surface area contributed by atoms with Gasteiger partial charge in [0.25, 0.3) is 0 Å². The van der Waals surface area contributed by atoms with Gasteiger partial charge >= 0.3 is 0 Å². The molecule has 2 aliphatic heterocycles. The van der Waals surface area contributed by atoms with E-state index in [1.54, 1.807) is 13.3 Å². The van der Waals surface area contributed by atoms with Crippen molar-refractivity contribution in [3.05, 3.63) is 23.0 Å². The molecule has 0 saturated carbocycles. The number of carbonyl (C=O) groups excluding carboxylic acids is 1. The van der Waals surface area contributed by atoms with Gasteiger partial charge in [0.1, 0.15) is 5.65 Å². The zero-order valence-electron chi connectivity index (χ0n) is 17.8. The average molecular weight is 420 g/mol. The molecule has 4 heterocycles. The number of aromatic amines is 1. The van der Waals surface area contributed by atoms with E-state index in [2.05, 4.69) is 21.8 Å².